The van der Waals surface area contributed by atoms with Crippen LogP contribution in [0.5, 0.6) is 5.88 Å². The Morgan fingerprint density at radius 2 is 1.81 bits per heavy atom. The molecule has 1 atom stereocenters. The van der Waals surface area contributed by atoms with Crippen LogP contribution in [-0.4, -0.2) is 30.9 Å². The molecule has 1 aliphatic rings. The van der Waals surface area contributed by atoms with Crippen LogP contribution in [0.15, 0.2) is 39.0 Å². The minimum Gasteiger partial charge on any atom is -0.494 e. The normalized spacial score (nSPS) is 16.7. The lowest BCUT2D eigenvalue weighted by molar-refractivity contribution is -0.130. The average molecular weight is 377 g/mol. The molecule has 1 amide bonds. The molecule has 0 radical (unpaired) electrons. The van der Waals surface area contributed by atoms with E-state index in [0.29, 0.717) is 5.02 Å². The van der Waals surface area contributed by atoms with Crippen molar-refractivity contribution in [2.75, 3.05) is 0 Å². The van der Waals surface area contributed by atoms with Crippen LogP contribution < -0.4 is 11.2 Å². The molecule has 0 spiro atoms. The fraction of sp³-hybridized carbons (Fsp3) is 0.294. The van der Waals surface area contributed by atoms with Crippen LogP contribution in [-0.2, 0) is 18.9 Å². The zero-order valence-corrected chi connectivity index (χ0v) is 15.2. The number of aromatic hydroxyl groups is 1. The first-order valence-corrected chi connectivity index (χ1v) is 8.22. The number of aromatic nitrogens is 2. The zero-order chi connectivity index (χ0) is 19.2. The Bertz CT molecular complexity index is 1040. The van der Waals surface area contributed by atoms with Gasteiger partial charge >= 0.3 is 5.69 Å². The monoisotopic (exact) mass is 376 g/mol. The van der Waals surface area contributed by atoms with Gasteiger partial charge in [0, 0.05) is 32.5 Å². The fourth-order valence-corrected chi connectivity index (χ4v) is 3.11. The van der Waals surface area contributed by atoms with E-state index in [-0.39, 0.29) is 23.6 Å². The average Bonchev–Trinajstić information content (AvgIpc) is 3.04. The van der Waals surface area contributed by atoms with Crippen LogP contribution in [0.4, 0.5) is 0 Å². The van der Waals surface area contributed by atoms with Crippen molar-refractivity contribution in [3.63, 3.8) is 0 Å². The highest BCUT2D eigenvalue weighted by atomic mass is 35.5. The van der Waals surface area contributed by atoms with Crippen molar-refractivity contribution in [3.8, 4) is 5.88 Å². The first-order chi connectivity index (χ1) is 12.2. The summed E-state index contributed by atoms with van der Waals surface area (Å²) in [5, 5.41) is 16.4. The Morgan fingerprint density at radius 1 is 1.19 bits per heavy atom. The van der Waals surface area contributed by atoms with Gasteiger partial charge in [-0.2, -0.15) is 5.10 Å². The Morgan fingerprint density at radius 3 is 2.38 bits per heavy atom. The predicted molar refractivity (Wildman–Crippen MR) is 96.5 cm³/mol. The topological polar surface area (TPSA) is 96.9 Å². The summed E-state index contributed by atoms with van der Waals surface area (Å²) in [7, 11) is 2.68. The minimum absolute atomic E-state index is 0.0858. The van der Waals surface area contributed by atoms with Crippen molar-refractivity contribution >= 4 is 23.2 Å². The predicted octanol–water partition coefficient (Wildman–Crippen LogP) is 1.14. The summed E-state index contributed by atoms with van der Waals surface area (Å²) in [5.41, 5.74) is -0.354. The van der Waals surface area contributed by atoms with Crippen molar-refractivity contribution in [3.05, 3.63) is 61.3 Å². The van der Waals surface area contributed by atoms with Crippen LogP contribution in [0.3, 0.4) is 0 Å². The van der Waals surface area contributed by atoms with E-state index in [1.165, 1.54) is 26.0 Å². The van der Waals surface area contributed by atoms with Crippen LogP contribution in [0, 0.1) is 0 Å². The van der Waals surface area contributed by atoms with E-state index >= 15 is 0 Å². The second kappa shape index (κ2) is 6.45. The molecule has 9 heteroatoms. The number of rotatable bonds is 2. The Balaban J connectivity index is 2.12. The van der Waals surface area contributed by atoms with Crippen molar-refractivity contribution in [2.45, 2.75) is 19.4 Å². The lowest BCUT2D eigenvalue weighted by Crippen LogP contribution is -2.39. The quantitative estimate of drug-likeness (QED) is 0.849. The van der Waals surface area contributed by atoms with Gasteiger partial charge in [-0.15, -0.1) is 0 Å². The number of hydrogen-bond donors (Lipinski definition) is 1. The highest BCUT2D eigenvalue weighted by molar-refractivity contribution is 6.30. The van der Waals surface area contributed by atoms with Gasteiger partial charge in [0.1, 0.15) is 5.56 Å². The standard InChI is InChI=1S/C17H17ClN4O4/c1-9(23)22-13(10-4-6-11(18)7-5-10)8-12(19-22)14-15(24)20(2)17(26)21(3)16(14)25/h4-7,13,24H,8H2,1-3H3/t13-/m0/s1. The Kier molecular flexibility index (Phi) is 4.45. The summed E-state index contributed by atoms with van der Waals surface area (Å²) >= 11 is 5.91. The van der Waals surface area contributed by atoms with Gasteiger partial charge in [0.2, 0.25) is 11.8 Å². The maximum atomic E-state index is 12.5. The highest BCUT2D eigenvalue weighted by Gasteiger charge is 2.34. The maximum absolute atomic E-state index is 12.5. The summed E-state index contributed by atoms with van der Waals surface area (Å²) in [6.07, 6.45) is 0.224. The summed E-state index contributed by atoms with van der Waals surface area (Å²) in [4.78, 5) is 36.4. The number of benzene rings is 1. The number of nitrogens with zero attached hydrogens (tertiary/aromatic N) is 4. The zero-order valence-electron chi connectivity index (χ0n) is 14.4. The molecule has 0 aliphatic carbocycles. The fourth-order valence-electron chi connectivity index (χ4n) is 2.98. The van der Waals surface area contributed by atoms with Gasteiger partial charge in [-0.1, -0.05) is 23.7 Å². The molecule has 2 aromatic rings. The van der Waals surface area contributed by atoms with Crippen LogP contribution >= 0.6 is 11.6 Å². The first kappa shape index (κ1) is 17.9. The largest absolute Gasteiger partial charge is 0.494 e. The molecule has 0 fully saturated rings. The molecule has 1 N–H and O–H groups in total. The van der Waals surface area contributed by atoms with E-state index in [9.17, 15) is 19.5 Å². The number of halogens is 1. The Labute approximate surface area is 153 Å². The van der Waals surface area contributed by atoms with Gasteiger partial charge < -0.3 is 5.11 Å². The van der Waals surface area contributed by atoms with Crippen molar-refractivity contribution in [1.82, 2.24) is 14.1 Å². The van der Waals surface area contributed by atoms with E-state index < -0.39 is 23.2 Å². The summed E-state index contributed by atoms with van der Waals surface area (Å²) in [6, 6.07) is 6.53. The smallest absolute Gasteiger partial charge is 0.333 e. The van der Waals surface area contributed by atoms with E-state index in [1.54, 1.807) is 24.3 Å². The van der Waals surface area contributed by atoms with Gasteiger partial charge in [-0.25, -0.2) is 9.80 Å². The molecule has 1 aliphatic heterocycles. The summed E-state index contributed by atoms with van der Waals surface area (Å²) in [6.45, 7) is 1.37. The van der Waals surface area contributed by atoms with Crippen LogP contribution in [0.1, 0.15) is 30.5 Å². The summed E-state index contributed by atoms with van der Waals surface area (Å²) in [5.74, 6) is -0.779. The van der Waals surface area contributed by atoms with E-state index in [4.69, 9.17) is 11.6 Å². The lowest BCUT2D eigenvalue weighted by atomic mass is 9.99. The van der Waals surface area contributed by atoms with Crippen LogP contribution in [0.2, 0.25) is 5.02 Å². The second-order valence-electron chi connectivity index (χ2n) is 6.09. The van der Waals surface area contributed by atoms with Crippen molar-refractivity contribution in [2.24, 2.45) is 19.2 Å². The van der Waals surface area contributed by atoms with Crippen LogP contribution in [0.25, 0.3) is 0 Å². The van der Waals surface area contributed by atoms with E-state index in [2.05, 4.69) is 5.10 Å². The van der Waals surface area contributed by atoms with Gasteiger partial charge in [-0.05, 0) is 17.7 Å². The summed E-state index contributed by atoms with van der Waals surface area (Å²) < 4.78 is 1.86. The maximum Gasteiger partial charge on any atom is 0.333 e. The number of hydrogen-bond acceptors (Lipinski definition) is 5. The third-order valence-corrected chi connectivity index (χ3v) is 4.66. The van der Waals surface area contributed by atoms with Gasteiger partial charge in [0.05, 0.1) is 11.8 Å². The van der Waals surface area contributed by atoms with Gasteiger partial charge in [-0.3, -0.25) is 18.7 Å². The molecule has 3 rings (SSSR count). The van der Waals surface area contributed by atoms with Gasteiger partial charge in [0.15, 0.2) is 0 Å². The molecule has 8 nitrogen and oxygen atoms in total. The molecule has 26 heavy (non-hydrogen) atoms. The molecule has 1 aromatic heterocycles. The minimum atomic E-state index is -0.662. The van der Waals surface area contributed by atoms with E-state index in [1.807, 2.05) is 0 Å². The third-order valence-electron chi connectivity index (χ3n) is 4.41. The van der Waals surface area contributed by atoms with Gasteiger partial charge in [0.25, 0.3) is 5.56 Å². The highest BCUT2D eigenvalue weighted by Crippen LogP contribution is 2.33. The van der Waals surface area contributed by atoms with Crippen molar-refractivity contribution < 1.29 is 9.90 Å². The van der Waals surface area contributed by atoms with Crippen molar-refractivity contribution in [1.29, 1.82) is 0 Å². The number of carbonyl (C=O) groups excluding carboxylic acids is 1. The lowest BCUT2D eigenvalue weighted by Gasteiger charge is -2.20. The third kappa shape index (κ3) is 2.82. The number of amides is 1. The molecular formula is C17H17ClN4O4. The molecule has 136 valence electrons. The molecule has 1 aromatic carbocycles. The molecule has 0 unspecified atom stereocenters. The molecule has 0 saturated heterocycles. The molecular weight excluding hydrogens is 360 g/mol. The SMILES string of the molecule is CC(=O)N1N=C(c2c(O)n(C)c(=O)n(C)c2=O)C[C@H]1c1ccc(Cl)cc1. The number of hydrazone groups is 1. The number of carbonyl (C=O) groups is 1. The van der Waals surface area contributed by atoms with E-state index in [0.717, 1.165) is 14.7 Å². The molecule has 2 heterocycles. The molecule has 0 bridgehead atoms. The second-order valence-corrected chi connectivity index (χ2v) is 6.52. The molecule has 0 saturated carbocycles. The Hall–Kier alpha value is -2.87. The first-order valence-electron chi connectivity index (χ1n) is 7.84.